The van der Waals surface area contributed by atoms with E-state index < -0.39 is 0 Å². The number of aromatic nitrogens is 6. The van der Waals surface area contributed by atoms with Gasteiger partial charge in [0.05, 0.1) is 28.8 Å². The van der Waals surface area contributed by atoms with Crippen molar-refractivity contribution in [2.45, 2.75) is 19.8 Å². The normalized spacial score (nSPS) is 13.4. The van der Waals surface area contributed by atoms with E-state index in [0.717, 1.165) is 85.9 Å². The van der Waals surface area contributed by atoms with Gasteiger partial charge in [-0.25, -0.2) is 19.9 Å². The highest BCUT2D eigenvalue weighted by atomic mass is 16.5. The summed E-state index contributed by atoms with van der Waals surface area (Å²) in [6.45, 7) is 8.28. The summed E-state index contributed by atoms with van der Waals surface area (Å²) in [6, 6.07) is 21.4. The first-order valence-electron chi connectivity index (χ1n) is 15.0. The Morgan fingerprint density at radius 3 is 2.59 bits per heavy atom. The van der Waals surface area contributed by atoms with Gasteiger partial charge in [-0.05, 0) is 55.3 Å². The molecular weight excluding hydrogens is 552 g/mol. The molecule has 6 rings (SSSR count). The molecule has 0 spiro atoms. The van der Waals surface area contributed by atoms with Crippen molar-refractivity contribution >= 4 is 17.5 Å². The first kappa shape index (κ1) is 29.1. The second-order valence-corrected chi connectivity index (χ2v) is 10.4. The first-order chi connectivity index (χ1) is 21.7. The van der Waals surface area contributed by atoms with Crippen LogP contribution in [0.15, 0.2) is 85.3 Å². The summed E-state index contributed by atoms with van der Waals surface area (Å²) in [5.74, 6) is 2.11. The fourth-order valence-electron chi connectivity index (χ4n) is 5.00. The van der Waals surface area contributed by atoms with Crippen molar-refractivity contribution in [1.82, 2.24) is 40.3 Å². The highest BCUT2D eigenvalue weighted by Gasteiger charge is 2.13. The summed E-state index contributed by atoms with van der Waals surface area (Å²) in [4.78, 5) is 20.6. The Balaban J connectivity index is 1.09. The number of rotatable bonds is 12. The van der Waals surface area contributed by atoms with Crippen molar-refractivity contribution in [3.63, 3.8) is 0 Å². The van der Waals surface area contributed by atoms with E-state index in [2.05, 4.69) is 59.0 Å². The number of anilines is 3. The van der Waals surface area contributed by atoms with Crippen LogP contribution in [0.5, 0.6) is 11.8 Å². The van der Waals surface area contributed by atoms with Gasteiger partial charge in [0, 0.05) is 56.7 Å². The van der Waals surface area contributed by atoms with Crippen molar-refractivity contribution in [1.29, 1.82) is 0 Å². The second-order valence-electron chi connectivity index (χ2n) is 10.4. The Bertz CT molecular complexity index is 1640. The topological polar surface area (TPSA) is 126 Å². The fourth-order valence-corrected chi connectivity index (χ4v) is 5.00. The molecule has 0 unspecified atom stereocenters. The molecule has 5 aromatic rings. The lowest BCUT2D eigenvalue weighted by Crippen LogP contribution is -2.44. The van der Waals surface area contributed by atoms with Crippen LogP contribution < -0.4 is 20.7 Å². The average molecular weight is 589 g/mol. The number of nitrogens with one attached hydrogen (secondary N) is 3. The van der Waals surface area contributed by atoms with Crippen LogP contribution in [0.25, 0.3) is 22.5 Å². The van der Waals surface area contributed by atoms with Crippen molar-refractivity contribution < 1.29 is 4.74 Å². The van der Waals surface area contributed by atoms with Crippen LogP contribution in [0, 0.1) is 0 Å². The van der Waals surface area contributed by atoms with Crippen molar-refractivity contribution in [2.75, 3.05) is 49.9 Å². The molecule has 0 atom stereocenters. The van der Waals surface area contributed by atoms with Gasteiger partial charge in [0.1, 0.15) is 0 Å². The Morgan fingerprint density at radius 2 is 1.77 bits per heavy atom. The van der Waals surface area contributed by atoms with Crippen LogP contribution >= 0.6 is 0 Å². The molecule has 0 saturated carbocycles. The van der Waals surface area contributed by atoms with Crippen LogP contribution in [0.1, 0.15) is 18.9 Å². The van der Waals surface area contributed by atoms with Crippen molar-refractivity contribution in [3.05, 3.63) is 90.9 Å². The summed E-state index contributed by atoms with van der Waals surface area (Å²) in [7, 11) is 0. The number of hydrogen-bond donors (Lipinski definition) is 3. The van der Waals surface area contributed by atoms with Gasteiger partial charge in [0.15, 0.2) is 5.82 Å². The molecule has 1 aromatic carbocycles. The minimum absolute atomic E-state index is 0.414. The molecule has 4 aromatic heterocycles. The average Bonchev–Trinajstić information content (AvgIpc) is 3.09. The smallest absolute Gasteiger partial charge is 0.230 e. The van der Waals surface area contributed by atoms with Crippen LogP contribution in [-0.2, 0) is 6.42 Å². The predicted molar refractivity (Wildman–Crippen MR) is 172 cm³/mol. The lowest BCUT2D eigenvalue weighted by Gasteiger charge is -2.27. The summed E-state index contributed by atoms with van der Waals surface area (Å²) >= 11 is 0. The second kappa shape index (κ2) is 14.5. The van der Waals surface area contributed by atoms with E-state index in [-0.39, 0.29) is 0 Å². The molecule has 3 N–H and O–H groups in total. The number of benzene rings is 1. The molecule has 44 heavy (non-hydrogen) atoms. The van der Waals surface area contributed by atoms with E-state index in [1.165, 1.54) is 0 Å². The summed E-state index contributed by atoms with van der Waals surface area (Å²) in [5, 5.41) is 19.0. The number of hydrogen-bond acceptors (Lipinski definition) is 11. The molecule has 1 saturated heterocycles. The fraction of sp³-hybridized carbons (Fsp3) is 0.273. The maximum Gasteiger partial charge on any atom is 0.230 e. The summed E-state index contributed by atoms with van der Waals surface area (Å²) < 4.78 is 6.11. The molecule has 11 heteroatoms. The van der Waals surface area contributed by atoms with Crippen LogP contribution in [-0.4, -0.2) is 74.3 Å². The Labute approximate surface area is 257 Å². The number of aryl methyl sites for hydroxylation is 1. The molecule has 1 fully saturated rings. The van der Waals surface area contributed by atoms with E-state index >= 15 is 0 Å². The molecule has 5 heterocycles. The number of nitrogens with zero attached hydrogens (tertiary/aromatic N) is 7. The maximum absolute atomic E-state index is 6.11. The zero-order valence-electron chi connectivity index (χ0n) is 24.8. The zero-order valence-corrected chi connectivity index (χ0v) is 24.8. The van der Waals surface area contributed by atoms with Gasteiger partial charge in [0.25, 0.3) is 0 Å². The van der Waals surface area contributed by atoms with Gasteiger partial charge >= 0.3 is 0 Å². The number of piperazine rings is 1. The molecule has 11 nitrogen and oxygen atoms in total. The monoisotopic (exact) mass is 588 g/mol. The SMILES string of the molecule is CCc1cc(-c2ccccc2)nnc1Nc1ccc(Oc2ncccc2-c2ccnc(NCCCN3CCNCC3)n2)nc1. The molecule has 0 radical (unpaired) electrons. The number of ether oxygens (including phenoxy) is 1. The standard InChI is InChI=1S/C33H36N10O/c1-2-24-22-29(25-8-4-3-5-9-25)41-42-31(24)39-26-11-12-30(38-23-26)44-32-27(10-6-14-35-32)28-13-16-37-33(40-28)36-15-7-19-43-20-17-34-18-21-43/h3-6,8-14,16,22-23,34H,2,7,15,17-21H2,1H3,(H,39,42)(H,36,37,40). The van der Waals surface area contributed by atoms with Gasteiger partial charge in [0.2, 0.25) is 17.7 Å². The first-order valence-corrected chi connectivity index (χ1v) is 15.0. The van der Waals surface area contributed by atoms with Crippen LogP contribution in [0.2, 0.25) is 0 Å². The highest BCUT2D eigenvalue weighted by Crippen LogP contribution is 2.30. The Morgan fingerprint density at radius 1 is 0.886 bits per heavy atom. The van der Waals surface area contributed by atoms with Crippen LogP contribution in [0.4, 0.5) is 17.5 Å². The van der Waals surface area contributed by atoms with E-state index in [4.69, 9.17) is 9.72 Å². The Kier molecular flexibility index (Phi) is 9.55. The van der Waals surface area contributed by atoms with Crippen molar-refractivity contribution in [2.24, 2.45) is 0 Å². The molecule has 0 amide bonds. The lowest BCUT2D eigenvalue weighted by atomic mass is 10.1. The molecule has 1 aliphatic rings. The van der Waals surface area contributed by atoms with Crippen molar-refractivity contribution in [3.8, 4) is 34.3 Å². The van der Waals surface area contributed by atoms with E-state index in [0.29, 0.717) is 23.5 Å². The van der Waals surface area contributed by atoms with Gasteiger partial charge in [-0.2, -0.15) is 0 Å². The van der Waals surface area contributed by atoms with E-state index in [1.807, 2.05) is 54.6 Å². The molecule has 224 valence electrons. The lowest BCUT2D eigenvalue weighted by molar-refractivity contribution is 0.240. The maximum atomic E-state index is 6.11. The predicted octanol–water partition coefficient (Wildman–Crippen LogP) is 5.20. The minimum atomic E-state index is 0.414. The largest absolute Gasteiger partial charge is 0.420 e. The molecule has 1 aliphatic heterocycles. The highest BCUT2D eigenvalue weighted by molar-refractivity contribution is 5.67. The summed E-state index contributed by atoms with van der Waals surface area (Å²) in [6.07, 6.45) is 6.98. The number of pyridine rings is 2. The third-order valence-electron chi connectivity index (χ3n) is 7.37. The van der Waals surface area contributed by atoms with Gasteiger partial charge in [-0.1, -0.05) is 37.3 Å². The third-order valence-corrected chi connectivity index (χ3v) is 7.37. The van der Waals surface area contributed by atoms with Gasteiger partial charge in [-0.15, -0.1) is 10.2 Å². The van der Waals surface area contributed by atoms with Gasteiger partial charge < -0.3 is 25.6 Å². The molecule has 0 aliphatic carbocycles. The van der Waals surface area contributed by atoms with Gasteiger partial charge in [-0.3, -0.25) is 0 Å². The molecule has 0 bridgehead atoms. The summed E-state index contributed by atoms with van der Waals surface area (Å²) in [5.41, 5.74) is 5.20. The third kappa shape index (κ3) is 7.49. The quantitative estimate of drug-likeness (QED) is 0.167. The van der Waals surface area contributed by atoms with Crippen LogP contribution in [0.3, 0.4) is 0 Å². The zero-order chi connectivity index (χ0) is 30.0. The van der Waals surface area contributed by atoms with E-state index in [1.54, 1.807) is 24.7 Å². The minimum Gasteiger partial charge on any atom is -0.420 e. The van der Waals surface area contributed by atoms with E-state index in [9.17, 15) is 0 Å². The Hall–Kier alpha value is -5.00. The molecular formula is C33H36N10O.